The van der Waals surface area contributed by atoms with Gasteiger partial charge in [0.25, 0.3) is 0 Å². The fraction of sp³-hybridized carbons (Fsp3) is 0.235. The van der Waals surface area contributed by atoms with Crippen LogP contribution < -0.4 is 20.9 Å². The highest BCUT2D eigenvalue weighted by molar-refractivity contribution is 5.74. The summed E-state index contributed by atoms with van der Waals surface area (Å²) in [7, 11) is 1.54. The molecule has 4 N–H and O–H groups in total. The zero-order chi connectivity index (χ0) is 17.7. The number of nitriles is 1. The van der Waals surface area contributed by atoms with E-state index in [1.165, 1.54) is 0 Å². The Hall–Kier alpha value is -3.27. The maximum Gasteiger partial charge on any atom is 0.222 e. The van der Waals surface area contributed by atoms with E-state index in [-0.39, 0.29) is 17.3 Å². The lowest BCUT2D eigenvalue weighted by Crippen LogP contribution is -2.05. The Bertz CT molecular complexity index is 820. The van der Waals surface area contributed by atoms with Gasteiger partial charge in [-0.25, -0.2) is 4.98 Å². The lowest BCUT2D eigenvalue weighted by Gasteiger charge is -2.12. The normalized spacial score (nSPS) is 9.92. The zero-order valence-corrected chi connectivity index (χ0v) is 13.8. The summed E-state index contributed by atoms with van der Waals surface area (Å²) in [5.74, 6) is 1.16. The molecule has 0 fully saturated rings. The molecule has 1 heterocycles. The number of rotatable bonds is 5. The van der Waals surface area contributed by atoms with Gasteiger partial charge in [-0.3, -0.25) is 0 Å². The number of nitrogen functional groups attached to an aromatic ring is 2. The van der Waals surface area contributed by atoms with Gasteiger partial charge in [-0.2, -0.15) is 10.2 Å². The topological polar surface area (TPSA) is 120 Å². The van der Waals surface area contributed by atoms with E-state index in [0.29, 0.717) is 29.4 Å². The summed E-state index contributed by atoms with van der Waals surface area (Å²) < 4.78 is 11.0. The first-order valence-corrected chi connectivity index (χ1v) is 7.24. The number of ether oxygens (including phenoxy) is 2. The highest BCUT2D eigenvalue weighted by Crippen LogP contribution is 2.34. The average molecular weight is 325 g/mol. The van der Waals surface area contributed by atoms with Gasteiger partial charge in [-0.05, 0) is 38.1 Å². The maximum absolute atomic E-state index is 9.29. The minimum Gasteiger partial charge on any atom is -0.493 e. The largest absolute Gasteiger partial charge is 0.493 e. The van der Waals surface area contributed by atoms with Crippen LogP contribution in [-0.4, -0.2) is 23.7 Å². The third kappa shape index (κ3) is 3.73. The average Bonchev–Trinajstić information content (AvgIpc) is 2.54. The first-order chi connectivity index (χ1) is 11.5. The highest BCUT2D eigenvalue weighted by Gasteiger charge is 2.15. The first kappa shape index (κ1) is 17.1. The third-order valence-corrected chi connectivity index (χ3v) is 3.23. The molecule has 1 aromatic heterocycles. The van der Waals surface area contributed by atoms with Crippen molar-refractivity contribution in [2.24, 2.45) is 0 Å². The lowest BCUT2D eigenvalue weighted by atomic mass is 10.1. The molecule has 0 amide bonds. The van der Waals surface area contributed by atoms with E-state index >= 15 is 0 Å². The van der Waals surface area contributed by atoms with Crippen LogP contribution in [0.4, 0.5) is 11.8 Å². The summed E-state index contributed by atoms with van der Waals surface area (Å²) in [5, 5.41) is 9.29. The summed E-state index contributed by atoms with van der Waals surface area (Å²) in [6.45, 7) is 4.43. The second-order valence-electron chi connectivity index (χ2n) is 5.26. The minimum absolute atomic E-state index is 0.00403. The molecule has 0 saturated carbocycles. The molecule has 0 atom stereocenters. The molecule has 0 aliphatic rings. The van der Waals surface area contributed by atoms with Crippen LogP contribution in [0.3, 0.4) is 0 Å². The molecule has 124 valence electrons. The number of allylic oxidation sites excluding steroid dienone is 1. The van der Waals surface area contributed by atoms with E-state index in [1.807, 2.05) is 26.0 Å². The molecule has 0 spiro atoms. The van der Waals surface area contributed by atoms with E-state index in [1.54, 1.807) is 25.3 Å². The predicted molar refractivity (Wildman–Crippen MR) is 92.5 cm³/mol. The first-order valence-electron chi connectivity index (χ1n) is 7.24. The molecule has 0 unspecified atom stereocenters. The molecule has 24 heavy (non-hydrogen) atoms. The second kappa shape index (κ2) is 7.33. The van der Waals surface area contributed by atoms with Crippen molar-refractivity contribution in [2.75, 3.05) is 25.2 Å². The molecule has 7 heteroatoms. The van der Waals surface area contributed by atoms with Crippen LogP contribution in [0.5, 0.6) is 11.5 Å². The van der Waals surface area contributed by atoms with Crippen LogP contribution in [0.15, 0.2) is 29.8 Å². The van der Waals surface area contributed by atoms with Crippen molar-refractivity contribution in [3.05, 3.63) is 35.4 Å². The monoisotopic (exact) mass is 325 g/mol. The molecule has 0 saturated heterocycles. The highest BCUT2D eigenvalue weighted by atomic mass is 16.5. The number of nitrogens with zero attached hydrogens (tertiary/aromatic N) is 3. The summed E-state index contributed by atoms with van der Waals surface area (Å²) >= 11 is 0. The molecular formula is C17H19N5O2. The predicted octanol–water partition coefficient (Wildman–Crippen LogP) is 2.53. The number of anilines is 2. The van der Waals surface area contributed by atoms with Gasteiger partial charge in [0, 0.05) is 5.56 Å². The van der Waals surface area contributed by atoms with E-state index in [0.717, 1.165) is 5.57 Å². The number of methoxy groups -OCH3 is 1. The fourth-order valence-electron chi connectivity index (χ4n) is 2.05. The molecule has 0 aliphatic carbocycles. The Morgan fingerprint density at radius 1 is 1.25 bits per heavy atom. The van der Waals surface area contributed by atoms with Crippen molar-refractivity contribution in [3.63, 3.8) is 0 Å². The van der Waals surface area contributed by atoms with E-state index < -0.39 is 0 Å². The molecular weight excluding hydrogens is 306 g/mol. The van der Waals surface area contributed by atoms with Gasteiger partial charge in [0.1, 0.15) is 24.1 Å². The second-order valence-corrected chi connectivity index (χ2v) is 5.26. The number of nitrogens with two attached hydrogens (primary N) is 2. The van der Waals surface area contributed by atoms with Gasteiger partial charge in [-0.15, -0.1) is 0 Å². The Labute approximate surface area is 140 Å². The Morgan fingerprint density at radius 3 is 2.62 bits per heavy atom. The summed E-state index contributed by atoms with van der Waals surface area (Å²) in [6, 6.07) is 7.24. The van der Waals surface area contributed by atoms with Gasteiger partial charge in [0.05, 0.1) is 12.8 Å². The molecule has 0 aliphatic heterocycles. The van der Waals surface area contributed by atoms with Crippen molar-refractivity contribution in [3.8, 4) is 28.8 Å². The van der Waals surface area contributed by atoms with Crippen molar-refractivity contribution in [1.82, 2.24) is 9.97 Å². The molecule has 0 radical (unpaired) electrons. The Kier molecular flexibility index (Phi) is 5.22. The molecule has 2 rings (SSSR count). The Balaban J connectivity index is 2.44. The Morgan fingerprint density at radius 2 is 2.00 bits per heavy atom. The summed E-state index contributed by atoms with van der Waals surface area (Å²) in [6.07, 6.45) is 1.97. The molecule has 7 nitrogen and oxygen atoms in total. The van der Waals surface area contributed by atoms with E-state index in [2.05, 4.69) is 9.97 Å². The van der Waals surface area contributed by atoms with Crippen LogP contribution in [0.1, 0.15) is 19.4 Å². The zero-order valence-electron chi connectivity index (χ0n) is 13.8. The van der Waals surface area contributed by atoms with Crippen molar-refractivity contribution < 1.29 is 9.47 Å². The lowest BCUT2D eigenvalue weighted by molar-refractivity contribution is 0.326. The van der Waals surface area contributed by atoms with Gasteiger partial charge in [0.15, 0.2) is 11.5 Å². The quantitative estimate of drug-likeness (QED) is 0.810. The molecule has 2 aromatic rings. The maximum atomic E-state index is 9.29. The third-order valence-electron chi connectivity index (χ3n) is 3.23. The van der Waals surface area contributed by atoms with Crippen LogP contribution in [-0.2, 0) is 0 Å². The van der Waals surface area contributed by atoms with Crippen molar-refractivity contribution in [1.29, 1.82) is 5.26 Å². The van der Waals surface area contributed by atoms with E-state index in [9.17, 15) is 5.26 Å². The van der Waals surface area contributed by atoms with Crippen LogP contribution >= 0.6 is 0 Å². The molecule has 1 aromatic carbocycles. The van der Waals surface area contributed by atoms with E-state index in [4.69, 9.17) is 20.9 Å². The van der Waals surface area contributed by atoms with Gasteiger partial charge < -0.3 is 20.9 Å². The van der Waals surface area contributed by atoms with Crippen LogP contribution in [0.25, 0.3) is 11.3 Å². The number of benzene rings is 1. The summed E-state index contributed by atoms with van der Waals surface area (Å²) in [5.41, 5.74) is 13.7. The van der Waals surface area contributed by atoms with Gasteiger partial charge in [-0.1, -0.05) is 5.57 Å². The standard InChI is InChI=1S/C17H19N5O2/c1-10(2)6-7-24-13-5-4-11(8-14(13)23-3)15-12(9-18)16(19)22-17(20)21-15/h4-6,8H,7H2,1-3H3,(H4,19,20,21,22). The fourth-order valence-corrected chi connectivity index (χ4v) is 2.05. The van der Waals surface area contributed by atoms with Crippen molar-refractivity contribution in [2.45, 2.75) is 13.8 Å². The van der Waals surface area contributed by atoms with Crippen LogP contribution in [0, 0.1) is 11.3 Å². The van der Waals surface area contributed by atoms with Gasteiger partial charge in [0.2, 0.25) is 5.95 Å². The smallest absolute Gasteiger partial charge is 0.222 e. The SMILES string of the molecule is COc1cc(-c2nc(N)nc(N)c2C#N)ccc1OCC=C(C)C. The van der Waals surface area contributed by atoms with Crippen molar-refractivity contribution >= 4 is 11.8 Å². The number of hydrogen-bond acceptors (Lipinski definition) is 7. The van der Waals surface area contributed by atoms with Crippen LogP contribution in [0.2, 0.25) is 0 Å². The number of hydrogen-bond donors (Lipinski definition) is 2. The number of aromatic nitrogens is 2. The van der Waals surface area contributed by atoms with Gasteiger partial charge >= 0.3 is 0 Å². The minimum atomic E-state index is 0.00403. The molecule has 0 bridgehead atoms. The summed E-state index contributed by atoms with van der Waals surface area (Å²) in [4.78, 5) is 7.93.